The third-order valence-corrected chi connectivity index (χ3v) is 3.65. The molecule has 0 atom stereocenters. The molecule has 0 radical (unpaired) electrons. The highest BCUT2D eigenvalue weighted by atomic mass is 16.3. The first kappa shape index (κ1) is 13.6. The van der Waals surface area contributed by atoms with Crippen LogP contribution in [0.25, 0.3) is 22.6 Å². The molecule has 4 nitrogen and oxygen atoms in total. The number of rotatable bonds is 2. The summed E-state index contributed by atoms with van der Waals surface area (Å²) in [6.07, 6.45) is 0. The number of benzene rings is 2. The second-order valence-corrected chi connectivity index (χ2v) is 5.21. The zero-order valence-corrected chi connectivity index (χ0v) is 12.8. The number of fused-ring (bicyclic) bond motifs is 2. The van der Waals surface area contributed by atoms with Crippen LogP contribution in [0.1, 0.15) is 18.1 Å². The number of hydrogen-bond donors (Lipinski definition) is 1. The van der Waals surface area contributed by atoms with Crippen molar-refractivity contribution in [2.45, 2.75) is 20.8 Å². The molecule has 0 bridgehead atoms. The fraction of sp³-hybridized carbons (Fsp3) is 0.294. The average Bonchev–Trinajstić information content (AvgIpc) is 2.46. The molecule has 21 heavy (non-hydrogen) atoms. The van der Waals surface area contributed by atoms with Crippen LogP contribution in [0.2, 0.25) is 0 Å². The topological polar surface area (TPSA) is 50.4 Å². The van der Waals surface area contributed by atoms with Crippen LogP contribution in [-0.2, 0) is 0 Å². The Labute approximate surface area is 123 Å². The number of aromatic nitrogens is 1. The molecule has 1 aromatic carbocycles. The molecule has 0 aromatic heterocycles. The van der Waals surface area contributed by atoms with E-state index >= 15 is 0 Å². The van der Waals surface area contributed by atoms with Gasteiger partial charge in [0.2, 0.25) is 0 Å². The Hall–Kier alpha value is -2.36. The molecule has 1 aromatic rings. The molecule has 1 aliphatic heterocycles. The zero-order valence-electron chi connectivity index (χ0n) is 12.8. The van der Waals surface area contributed by atoms with Crippen molar-refractivity contribution in [2.24, 2.45) is 4.99 Å². The van der Waals surface area contributed by atoms with Crippen LogP contribution in [-0.4, -0.2) is 18.6 Å². The Balaban J connectivity index is 2.31. The smallest absolute Gasteiger partial charge is 0.155 e. The molecule has 1 aliphatic carbocycles. The van der Waals surface area contributed by atoms with Gasteiger partial charge in [-0.15, -0.1) is 0 Å². The first-order valence-corrected chi connectivity index (χ1v) is 7.15. The third-order valence-electron chi connectivity index (χ3n) is 3.65. The van der Waals surface area contributed by atoms with E-state index in [0.717, 1.165) is 45.7 Å². The lowest BCUT2D eigenvalue weighted by molar-refractivity contribution is 0.612. The minimum atomic E-state index is 0.764. The first-order valence-electron chi connectivity index (χ1n) is 7.15. The van der Waals surface area contributed by atoms with Gasteiger partial charge in [0.15, 0.2) is 11.3 Å². The largest absolute Gasteiger partial charge is 0.453 e. The molecule has 0 spiro atoms. The summed E-state index contributed by atoms with van der Waals surface area (Å²) in [5.41, 5.74) is 5.89. The summed E-state index contributed by atoms with van der Waals surface area (Å²) in [5, 5.41) is 4.28. The van der Waals surface area contributed by atoms with E-state index in [1.165, 1.54) is 5.56 Å². The standard InChI is InChI=1S/C17H19N3O/c1-5-19-13-9-17-15(7-11(13)3)20-14-6-10(2)12(18-4)8-16(14)21-17/h6-9,19H,5H2,1-4H3. The predicted octanol–water partition coefficient (Wildman–Crippen LogP) is 3.51. The number of aryl methyl sites for hydroxylation is 2. The van der Waals surface area contributed by atoms with E-state index in [9.17, 15) is 0 Å². The van der Waals surface area contributed by atoms with Crippen LogP contribution < -0.4 is 10.7 Å². The van der Waals surface area contributed by atoms with Crippen molar-refractivity contribution in [3.63, 3.8) is 0 Å². The highest BCUT2D eigenvalue weighted by molar-refractivity contribution is 5.81. The van der Waals surface area contributed by atoms with Crippen molar-refractivity contribution in [1.29, 1.82) is 0 Å². The molecular formula is C17H19N3O. The van der Waals surface area contributed by atoms with E-state index in [4.69, 9.17) is 9.40 Å². The second kappa shape index (κ2) is 5.20. The summed E-state index contributed by atoms with van der Waals surface area (Å²) >= 11 is 0. The summed E-state index contributed by atoms with van der Waals surface area (Å²) in [6, 6.07) is 8.05. The highest BCUT2D eigenvalue weighted by Crippen LogP contribution is 2.28. The molecule has 108 valence electrons. The van der Waals surface area contributed by atoms with Crippen molar-refractivity contribution in [1.82, 2.24) is 4.98 Å². The maximum Gasteiger partial charge on any atom is 0.155 e. The summed E-state index contributed by atoms with van der Waals surface area (Å²) in [6.45, 7) is 7.07. The van der Waals surface area contributed by atoms with Crippen molar-refractivity contribution in [3.8, 4) is 11.5 Å². The van der Waals surface area contributed by atoms with Crippen LogP contribution in [0.15, 0.2) is 33.7 Å². The third kappa shape index (κ3) is 2.37. The lowest BCUT2D eigenvalue weighted by atomic mass is 10.1. The average molecular weight is 281 g/mol. The van der Waals surface area contributed by atoms with Crippen molar-refractivity contribution in [3.05, 3.63) is 40.7 Å². The van der Waals surface area contributed by atoms with Crippen LogP contribution in [0.4, 0.5) is 5.69 Å². The molecular weight excluding hydrogens is 262 g/mol. The van der Waals surface area contributed by atoms with E-state index in [1.807, 2.05) is 25.1 Å². The van der Waals surface area contributed by atoms with E-state index in [-0.39, 0.29) is 0 Å². The molecule has 0 saturated heterocycles. The minimum Gasteiger partial charge on any atom is -0.453 e. The van der Waals surface area contributed by atoms with Gasteiger partial charge in [-0.1, -0.05) is 0 Å². The van der Waals surface area contributed by atoms with Crippen LogP contribution in [0.3, 0.4) is 0 Å². The van der Waals surface area contributed by atoms with Crippen molar-refractivity contribution >= 4 is 16.8 Å². The van der Waals surface area contributed by atoms with Crippen LogP contribution in [0, 0.1) is 13.8 Å². The highest BCUT2D eigenvalue weighted by Gasteiger charge is 2.12. The Bertz CT molecular complexity index is 849. The number of nitrogens with zero attached hydrogens (tertiary/aromatic N) is 2. The Morgan fingerprint density at radius 2 is 1.95 bits per heavy atom. The molecule has 0 saturated carbocycles. The van der Waals surface area contributed by atoms with E-state index in [0.29, 0.717) is 0 Å². The van der Waals surface area contributed by atoms with Gasteiger partial charge in [0.1, 0.15) is 11.2 Å². The first-order chi connectivity index (χ1) is 10.1. The van der Waals surface area contributed by atoms with E-state index in [2.05, 4.69) is 30.2 Å². The van der Waals surface area contributed by atoms with Gasteiger partial charge < -0.3 is 9.73 Å². The number of hydrogen-bond acceptors (Lipinski definition) is 4. The molecule has 3 rings (SSSR count). The van der Waals surface area contributed by atoms with Crippen molar-refractivity contribution in [2.75, 3.05) is 18.9 Å². The molecule has 4 heteroatoms. The Morgan fingerprint density at radius 1 is 1.14 bits per heavy atom. The SMILES string of the molecule is CCNc1cc2oc3cc(=NC)c(C)cc-3nc2cc1C. The molecule has 0 amide bonds. The molecule has 0 unspecified atom stereocenters. The molecule has 1 N–H and O–H groups in total. The Morgan fingerprint density at radius 3 is 2.67 bits per heavy atom. The maximum atomic E-state index is 6.02. The summed E-state index contributed by atoms with van der Waals surface area (Å²) in [5.74, 6) is 0.764. The fourth-order valence-corrected chi connectivity index (χ4v) is 2.54. The summed E-state index contributed by atoms with van der Waals surface area (Å²) < 4.78 is 6.02. The quantitative estimate of drug-likeness (QED) is 0.731. The Kier molecular flexibility index (Phi) is 3.37. The predicted molar refractivity (Wildman–Crippen MR) is 85.8 cm³/mol. The minimum absolute atomic E-state index is 0.764. The van der Waals surface area contributed by atoms with E-state index in [1.54, 1.807) is 7.05 Å². The molecule has 0 fully saturated rings. The maximum absolute atomic E-state index is 6.02. The van der Waals surface area contributed by atoms with Gasteiger partial charge in [-0.05, 0) is 44.0 Å². The second-order valence-electron chi connectivity index (χ2n) is 5.21. The van der Waals surface area contributed by atoms with Gasteiger partial charge >= 0.3 is 0 Å². The van der Waals surface area contributed by atoms with E-state index < -0.39 is 0 Å². The lowest BCUT2D eigenvalue weighted by Crippen LogP contribution is -2.08. The lowest BCUT2D eigenvalue weighted by Gasteiger charge is -2.11. The normalized spacial score (nSPS) is 12.3. The van der Waals surface area contributed by atoms with Crippen molar-refractivity contribution < 1.29 is 4.42 Å². The monoisotopic (exact) mass is 281 g/mol. The summed E-state index contributed by atoms with van der Waals surface area (Å²) in [7, 11) is 1.79. The van der Waals surface area contributed by atoms with Gasteiger partial charge in [-0.3, -0.25) is 4.99 Å². The van der Waals surface area contributed by atoms with Gasteiger partial charge in [0, 0.05) is 31.4 Å². The summed E-state index contributed by atoms with van der Waals surface area (Å²) in [4.78, 5) is 8.97. The van der Waals surface area contributed by atoms with Crippen LogP contribution >= 0.6 is 0 Å². The fourth-order valence-electron chi connectivity index (χ4n) is 2.54. The molecule has 2 aliphatic rings. The van der Waals surface area contributed by atoms with Crippen LogP contribution in [0.5, 0.6) is 0 Å². The number of nitrogens with one attached hydrogen (secondary N) is 1. The van der Waals surface area contributed by atoms with Gasteiger partial charge in [-0.2, -0.15) is 0 Å². The number of anilines is 1. The van der Waals surface area contributed by atoms with Gasteiger partial charge in [0.05, 0.1) is 5.36 Å². The van der Waals surface area contributed by atoms with Gasteiger partial charge in [-0.25, -0.2) is 4.98 Å². The molecule has 1 heterocycles. The zero-order chi connectivity index (χ0) is 15.0. The van der Waals surface area contributed by atoms with Gasteiger partial charge in [0.25, 0.3) is 0 Å².